The van der Waals surface area contributed by atoms with E-state index in [0.29, 0.717) is 17.7 Å². The molecule has 1 atom stereocenters. The fourth-order valence-corrected chi connectivity index (χ4v) is 2.47. The second kappa shape index (κ2) is 7.09. The lowest BCUT2D eigenvalue weighted by molar-refractivity contribution is -0.387. The number of nitro benzene ring substituents is 1. The van der Waals surface area contributed by atoms with Gasteiger partial charge in [0, 0.05) is 24.5 Å². The van der Waals surface area contributed by atoms with Gasteiger partial charge in [-0.2, -0.15) is 9.49 Å². The van der Waals surface area contributed by atoms with E-state index in [4.69, 9.17) is 0 Å². The quantitative estimate of drug-likeness (QED) is 0.560. The maximum Gasteiger partial charge on any atom is 0.307 e. The molecule has 0 bridgehead atoms. The van der Waals surface area contributed by atoms with E-state index < -0.39 is 39.9 Å². The summed E-state index contributed by atoms with van der Waals surface area (Å²) in [6.45, 7) is 0. The molecule has 0 aliphatic carbocycles. The number of anilines is 1. The Bertz CT molecular complexity index is 946. The highest BCUT2D eigenvalue weighted by molar-refractivity contribution is 5.96. The fraction of sp³-hybridized carbons (Fsp3) is 0.0588. The normalized spacial score (nSPS) is 11.8. The summed E-state index contributed by atoms with van der Waals surface area (Å²) in [4.78, 5) is 22.6. The Hall–Kier alpha value is -3.62. The summed E-state index contributed by atoms with van der Waals surface area (Å²) in [6, 6.07) is 10.3. The molecule has 1 amide bonds. The lowest BCUT2D eigenvalue weighted by atomic mass is 10.1. The molecule has 0 radical (unpaired) electrons. The summed E-state index contributed by atoms with van der Waals surface area (Å²) in [7, 11) is 0. The monoisotopic (exact) mass is 358 g/mol. The highest BCUT2D eigenvalue weighted by Crippen LogP contribution is 2.27. The van der Waals surface area contributed by atoms with Crippen molar-refractivity contribution in [2.24, 2.45) is 0 Å². The summed E-state index contributed by atoms with van der Waals surface area (Å²) < 4.78 is 28.8. The molecule has 1 aromatic heterocycles. The Labute approximate surface area is 146 Å². The Balaban J connectivity index is 1.97. The van der Waals surface area contributed by atoms with Crippen LogP contribution in [0.1, 0.15) is 11.6 Å². The van der Waals surface area contributed by atoms with E-state index in [2.05, 4.69) is 10.4 Å². The van der Waals surface area contributed by atoms with Gasteiger partial charge >= 0.3 is 5.69 Å². The van der Waals surface area contributed by atoms with Crippen LogP contribution < -0.4 is 5.32 Å². The van der Waals surface area contributed by atoms with Crippen molar-refractivity contribution in [3.8, 4) is 0 Å². The topological polar surface area (TPSA) is 90.1 Å². The number of amides is 1. The average molecular weight is 358 g/mol. The highest BCUT2D eigenvalue weighted by Gasteiger charge is 2.26. The van der Waals surface area contributed by atoms with Crippen LogP contribution in [0.2, 0.25) is 0 Å². The predicted molar refractivity (Wildman–Crippen MR) is 88.5 cm³/mol. The van der Waals surface area contributed by atoms with E-state index in [1.807, 2.05) is 0 Å². The third-order valence-electron chi connectivity index (χ3n) is 3.64. The van der Waals surface area contributed by atoms with E-state index in [1.54, 1.807) is 42.6 Å². The maximum atomic E-state index is 14.0. The van der Waals surface area contributed by atoms with Crippen molar-refractivity contribution in [1.82, 2.24) is 9.78 Å². The molecule has 7 nitrogen and oxygen atoms in total. The van der Waals surface area contributed by atoms with Gasteiger partial charge in [-0.3, -0.25) is 19.6 Å². The van der Waals surface area contributed by atoms with Gasteiger partial charge in [-0.15, -0.1) is 0 Å². The van der Waals surface area contributed by atoms with Crippen LogP contribution in [0.15, 0.2) is 60.9 Å². The second-order valence-corrected chi connectivity index (χ2v) is 5.33. The van der Waals surface area contributed by atoms with Gasteiger partial charge in [0.2, 0.25) is 5.82 Å². The van der Waals surface area contributed by atoms with E-state index in [-0.39, 0.29) is 0 Å². The van der Waals surface area contributed by atoms with E-state index in [1.165, 1.54) is 10.9 Å². The third kappa shape index (κ3) is 3.41. The molecule has 3 rings (SSSR count). The van der Waals surface area contributed by atoms with Gasteiger partial charge in [-0.1, -0.05) is 30.3 Å². The van der Waals surface area contributed by atoms with Crippen LogP contribution in [0.4, 0.5) is 20.2 Å². The molecule has 132 valence electrons. The van der Waals surface area contributed by atoms with Crippen LogP contribution in [-0.2, 0) is 4.79 Å². The lowest BCUT2D eigenvalue weighted by Gasteiger charge is -2.18. The summed E-state index contributed by atoms with van der Waals surface area (Å²) in [6.07, 6.45) is 3.03. The van der Waals surface area contributed by atoms with Gasteiger partial charge < -0.3 is 5.32 Å². The first-order chi connectivity index (χ1) is 12.5. The molecule has 0 saturated carbocycles. The first-order valence-electron chi connectivity index (χ1n) is 7.45. The summed E-state index contributed by atoms with van der Waals surface area (Å²) in [5, 5.41) is 17.1. The van der Waals surface area contributed by atoms with Crippen LogP contribution in [-0.4, -0.2) is 20.6 Å². The van der Waals surface area contributed by atoms with E-state index >= 15 is 0 Å². The number of carbonyl (C=O) groups excluding carboxylic acids is 1. The standard InChI is InChI=1S/C17H12F2N4O3/c18-12-9-13(19)15(23(25)26)10-14(12)21-17(24)16(22-8-4-7-20-22)11-5-2-1-3-6-11/h1-10,16H,(H,21,24). The van der Waals surface area contributed by atoms with E-state index in [0.717, 1.165) is 0 Å². The SMILES string of the molecule is O=C(Nc1cc([N+](=O)[O-])c(F)cc1F)C(c1ccccc1)n1cccn1. The van der Waals surface area contributed by atoms with Crippen molar-refractivity contribution in [1.29, 1.82) is 0 Å². The van der Waals surface area contributed by atoms with Gasteiger partial charge in [0.25, 0.3) is 5.91 Å². The lowest BCUT2D eigenvalue weighted by Crippen LogP contribution is -2.27. The van der Waals surface area contributed by atoms with Crippen molar-refractivity contribution in [2.45, 2.75) is 6.04 Å². The molecule has 0 spiro atoms. The number of hydrogen-bond donors (Lipinski definition) is 1. The third-order valence-corrected chi connectivity index (χ3v) is 3.64. The number of rotatable bonds is 5. The van der Waals surface area contributed by atoms with Crippen molar-refractivity contribution in [3.63, 3.8) is 0 Å². The molecule has 0 fully saturated rings. The second-order valence-electron chi connectivity index (χ2n) is 5.33. The number of nitrogens with one attached hydrogen (secondary N) is 1. The van der Waals surface area contributed by atoms with Gasteiger partial charge in [-0.25, -0.2) is 4.39 Å². The Morgan fingerprint density at radius 3 is 2.50 bits per heavy atom. The first kappa shape index (κ1) is 17.2. The van der Waals surface area contributed by atoms with E-state index in [9.17, 15) is 23.7 Å². The van der Waals surface area contributed by atoms with Crippen LogP contribution in [0.25, 0.3) is 0 Å². The van der Waals surface area contributed by atoms with Crippen molar-refractivity contribution < 1.29 is 18.5 Å². The molecule has 1 N–H and O–H groups in total. The molecule has 26 heavy (non-hydrogen) atoms. The van der Waals surface area contributed by atoms with Crippen LogP contribution >= 0.6 is 0 Å². The number of nitrogens with zero attached hydrogens (tertiary/aromatic N) is 3. The number of hydrogen-bond acceptors (Lipinski definition) is 4. The number of nitro groups is 1. The zero-order valence-corrected chi connectivity index (χ0v) is 13.2. The molecule has 0 saturated heterocycles. The summed E-state index contributed by atoms with van der Waals surface area (Å²) in [5.74, 6) is -3.12. The van der Waals surface area contributed by atoms with Crippen molar-refractivity contribution >= 4 is 17.3 Å². The van der Waals surface area contributed by atoms with Gasteiger partial charge in [0.15, 0.2) is 6.04 Å². The smallest absolute Gasteiger partial charge is 0.307 e. The van der Waals surface area contributed by atoms with Crippen molar-refractivity contribution in [2.75, 3.05) is 5.32 Å². The van der Waals surface area contributed by atoms with Crippen LogP contribution in [0.5, 0.6) is 0 Å². The van der Waals surface area contributed by atoms with Gasteiger partial charge in [0.05, 0.1) is 10.6 Å². The molecule has 0 aliphatic heterocycles. The minimum absolute atomic E-state index is 0.360. The number of halogens is 2. The molecule has 1 heterocycles. The molecule has 0 aliphatic rings. The van der Waals surface area contributed by atoms with Crippen LogP contribution in [0, 0.1) is 21.7 Å². The minimum Gasteiger partial charge on any atom is -0.321 e. The Morgan fingerprint density at radius 1 is 1.15 bits per heavy atom. The Morgan fingerprint density at radius 2 is 1.88 bits per heavy atom. The van der Waals surface area contributed by atoms with Gasteiger partial charge in [0.1, 0.15) is 5.82 Å². The number of benzene rings is 2. The van der Waals surface area contributed by atoms with Gasteiger partial charge in [-0.05, 0) is 11.6 Å². The molecular formula is C17H12F2N4O3. The van der Waals surface area contributed by atoms with Crippen molar-refractivity contribution in [3.05, 3.63) is 88.2 Å². The predicted octanol–water partition coefficient (Wildman–Crippen LogP) is 3.30. The fourth-order valence-electron chi connectivity index (χ4n) is 2.47. The van der Waals surface area contributed by atoms with Crippen LogP contribution in [0.3, 0.4) is 0 Å². The maximum absolute atomic E-state index is 14.0. The highest BCUT2D eigenvalue weighted by atomic mass is 19.1. The molecule has 1 unspecified atom stereocenters. The zero-order chi connectivity index (χ0) is 18.7. The number of aromatic nitrogens is 2. The summed E-state index contributed by atoms with van der Waals surface area (Å²) >= 11 is 0. The summed E-state index contributed by atoms with van der Waals surface area (Å²) in [5.41, 5.74) is -0.848. The largest absolute Gasteiger partial charge is 0.321 e. The Kier molecular flexibility index (Phi) is 4.70. The minimum atomic E-state index is -1.32. The average Bonchev–Trinajstić information content (AvgIpc) is 3.12. The molecule has 3 aromatic rings. The zero-order valence-electron chi connectivity index (χ0n) is 13.2. The molecule has 2 aromatic carbocycles. The molecular weight excluding hydrogens is 346 g/mol. The molecule has 9 heteroatoms. The first-order valence-corrected chi connectivity index (χ1v) is 7.45. The number of carbonyl (C=O) groups is 1.